The van der Waals surface area contributed by atoms with Crippen LogP contribution < -0.4 is 10.0 Å². The molecule has 0 spiro atoms. The summed E-state index contributed by atoms with van der Waals surface area (Å²) < 4.78 is 24.8. The first-order valence-corrected chi connectivity index (χ1v) is 5.89. The summed E-state index contributed by atoms with van der Waals surface area (Å²) in [6, 6.07) is 0. The lowest BCUT2D eigenvalue weighted by Crippen LogP contribution is -2.28. The van der Waals surface area contributed by atoms with Crippen LogP contribution in [0, 0.1) is 0 Å². The molecule has 0 rings (SSSR count). The molecular formula is C7H18N2O2S. The van der Waals surface area contributed by atoms with Crippen LogP contribution >= 0.6 is 0 Å². The standard InChI is InChI=1S/C7H18N2O2S/c1-3-5-9-12(10,11)7-4-6-8-2/h8-9H,3-7H2,1-2H3. The predicted molar refractivity (Wildman–Crippen MR) is 50.6 cm³/mol. The Balaban J connectivity index is 3.58. The summed E-state index contributed by atoms with van der Waals surface area (Å²) in [5, 5.41) is 2.90. The Bertz CT molecular complexity index is 190. The van der Waals surface area contributed by atoms with Crippen molar-refractivity contribution in [2.45, 2.75) is 19.8 Å². The summed E-state index contributed by atoms with van der Waals surface area (Å²) in [5.74, 6) is 0.216. The van der Waals surface area contributed by atoms with E-state index in [9.17, 15) is 8.42 Å². The number of hydrogen-bond donors (Lipinski definition) is 2. The van der Waals surface area contributed by atoms with Gasteiger partial charge in [-0.25, -0.2) is 13.1 Å². The van der Waals surface area contributed by atoms with Gasteiger partial charge < -0.3 is 5.32 Å². The highest BCUT2D eigenvalue weighted by Crippen LogP contribution is 1.88. The second-order valence-electron chi connectivity index (χ2n) is 2.67. The third-order valence-corrected chi connectivity index (χ3v) is 2.88. The Morgan fingerprint density at radius 3 is 2.42 bits per heavy atom. The van der Waals surface area contributed by atoms with Crippen LogP contribution in [-0.4, -0.2) is 34.3 Å². The van der Waals surface area contributed by atoms with Crippen molar-refractivity contribution in [1.82, 2.24) is 10.0 Å². The van der Waals surface area contributed by atoms with Gasteiger partial charge in [-0.15, -0.1) is 0 Å². The van der Waals surface area contributed by atoms with Crippen molar-refractivity contribution in [2.75, 3.05) is 25.9 Å². The summed E-state index contributed by atoms with van der Waals surface area (Å²) in [5.41, 5.74) is 0. The molecule has 12 heavy (non-hydrogen) atoms. The summed E-state index contributed by atoms with van der Waals surface area (Å²) in [6.45, 7) is 3.23. The van der Waals surface area contributed by atoms with Crippen LogP contribution in [0.3, 0.4) is 0 Å². The highest BCUT2D eigenvalue weighted by atomic mass is 32.2. The van der Waals surface area contributed by atoms with E-state index in [-0.39, 0.29) is 5.75 Å². The van der Waals surface area contributed by atoms with Crippen molar-refractivity contribution < 1.29 is 8.42 Å². The first kappa shape index (κ1) is 11.9. The van der Waals surface area contributed by atoms with E-state index in [4.69, 9.17) is 0 Å². The Kier molecular flexibility index (Phi) is 6.32. The zero-order valence-electron chi connectivity index (χ0n) is 7.76. The van der Waals surface area contributed by atoms with E-state index >= 15 is 0 Å². The van der Waals surface area contributed by atoms with E-state index in [1.165, 1.54) is 0 Å². The van der Waals surface area contributed by atoms with Gasteiger partial charge in [-0.2, -0.15) is 0 Å². The molecule has 0 atom stereocenters. The first-order chi connectivity index (χ1) is 5.62. The number of hydrogen-bond acceptors (Lipinski definition) is 3. The average Bonchev–Trinajstić information content (AvgIpc) is 2.01. The van der Waals surface area contributed by atoms with Crippen molar-refractivity contribution in [3.8, 4) is 0 Å². The van der Waals surface area contributed by atoms with E-state index in [2.05, 4.69) is 10.0 Å². The normalized spacial score (nSPS) is 11.8. The van der Waals surface area contributed by atoms with Gasteiger partial charge in [-0.05, 0) is 26.4 Å². The van der Waals surface area contributed by atoms with E-state index in [1.807, 2.05) is 14.0 Å². The SMILES string of the molecule is CCCNS(=O)(=O)CCCNC. The minimum atomic E-state index is -3.01. The van der Waals surface area contributed by atoms with Gasteiger partial charge in [0.2, 0.25) is 10.0 Å². The number of sulfonamides is 1. The molecule has 0 aliphatic rings. The Hall–Kier alpha value is -0.130. The van der Waals surface area contributed by atoms with Crippen LogP contribution in [0.2, 0.25) is 0 Å². The summed E-state index contributed by atoms with van der Waals surface area (Å²) in [4.78, 5) is 0. The molecule has 4 nitrogen and oxygen atoms in total. The molecule has 2 N–H and O–H groups in total. The molecule has 0 saturated carbocycles. The van der Waals surface area contributed by atoms with Crippen molar-refractivity contribution in [3.05, 3.63) is 0 Å². The maximum atomic E-state index is 11.1. The Morgan fingerprint density at radius 1 is 1.25 bits per heavy atom. The van der Waals surface area contributed by atoms with Crippen LogP contribution in [-0.2, 0) is 10.0 Å². The smallest absolute Gasteiger partial charge is 0.211 e. The molecule has 0 amide bonds. The average molecular weight is 194 g/mol. The van der Waals surface area contributed by atoms with Gasteiger partial charge in [-0.3, -0.25) is 0 Å². The lowest BCUT2D eigenvalue weighted by Gasteiger charge is -2.04. The van der Waals surface area contributed by atoms with Crippen LogP contribution in [0.25, 0.3) is 0 Å². The Morgan fingerprint density at radius 2 is 1.92 bits per heavy atom. The first-order valence-electron chi connectivity index (χ1n) is 4.24. The molecule has 0 aromatic carbocycles. The second-order valence-corrected chi connectivity index (χ2v) is 4.60. The van der Waals surface area contributed by atoms with E-state index in [1.54, 1.807) is 0 Å². The molecule has 0 heterocycles. The third kappa shape index (κ3) is 6.57. The van der Waals surface area contributed by atoms with Crippen molar-refractivity contribution in [1.29, 1.82) is 0 Å². The summed E-state index contributed by atoms with van der Waals surface area (Å²) in [6.07, 6.45) is 1.50. The maximum absolute atomic E-state index is 11.1. The van der Waals surface area contributed by atoms with E-state index < -0.39 is 10.0 Å². The van der Waals surface area contributed by atoms with Crippen LogP contribution in [0.1, 0.15) is 19.8 Å². The van der Waals surface area contributed by atoms with E-state index in [0.29, 0.717) is 13.0 Å². The maximum Gasteiger partial charge on any atom is 0.211 e. The quantitative estimate of drug-likeness (QED) is 0.558. The second kappa shape index (κ2) is 6.39. The van der Waals surface area contributed by atoms with Gasteiger partial charge in [0.15, 0.2) is 0 Å². The molecule has 0 unspecified atom stereocenters. The van der Waals surface area contributed by atoms with Crippen molar-refractivity contribution in [2.24, 2.45) is 0 Å². The van der Waals surface area contributed by atoms with Gasteiger partial charge in [-0.1, -0.05) is 6.92 Å². The fraction of sp³-hybridized carbons (Fsp3) is 1.00. The van der Waals surface area contributed by atoms with Gasteiger partial charge in [0, 0.05) is 6.54 Å². The molecule has 0 aromatic rings. The van der Waals surface area contributed by atoms with Gasteiger partial charge in [0.1, 0.15) is 0 Å². The van der Waals surface area contributed by atoms with Crippen LogP contribution in [0.4, 0.5) is 0 Å². The fourth-order valence-corrected chi connectivity index (χ4v) is 1.95. The molecule has 0 fully saturated rings. The minimum Gasteiger partial charge on any atom is -0.320 e. The number of rotatable bonds is 7. The molecule has 0 saturated heterocycles. The third-order valence-electron chi connectivity index (χ3n) is 1.41. The highest BCUT2D eigenvalue weighted by molar-refractivity contribution is 7.89. The minimum absolute atomic E-state index is 0.216. The molecule has 0 aromatic heterocycles. The molecule has 0 bridgehead atoms. The van der Waals surface area contributed by atoms with Gasteiger partial charge in [0.25, 0.3) is 0 Å². The monoisotopic (exact) mass is 194 g/mol. The zero-order chi connectivity index (χ0) is 9.45. The fourth-order valence-electron chi connectivity index (χ4n) is 0.769. The van der Waals surface area contributed by atoms with E-state index in [0.717, 1.165) is 13.0 Å². The summed E-state index contributed by atoms with van der Waals surface area (Å²) >= 11 is 0. The van der Waals surface area contributed by atoms with Crippen LogP contribution in [0.5, 0.6) is 0 Å². The van der Waals surface area contributed by atoms with Crippen molar-refractivity contribution in [3.63, 3.8) is 0 Å². The molecular weight excluding hydrogens is 176 g/mol. The molecule has 5 heteroatoms. The lowest BCUT2D eigenvalue weighted by atomic mass is 10.5. The van der Waals surface area contributed by atoms with Gasteiger partial charge in [0.05, 0.1) is 5.75 Å². The lowest BCUT2D eigenvalue weighted by molar-refractivity contribution is 0.576. The zero-order valence-corrected chi connectivity index (χ0v) is 8.58. The Labute approximate surface area is 74.8 Å². The summed E-state index contributed by atoms with van der Waals surface area (Å²) in [7, 11) is -1.19. The number of nitrogens with one attached hydrogen (secondary N) is 2. The predicted octanol–water partition coefficient (Wildman–Crippen LogP) is -0.0747. The molecule has 74 valence electrons. The molecule has 0 radical (unpaired) electrons. The molecule has 0 aliphatic heterocycles. The van der Waals surface area contributed by atoms with Gasteiger partial charge >= 0.3 is 0 Å². The van der Waals surface area contributed by atoms with Crippen LogP contribution in [0.15, 0.2) is 0 Å². The largest absolute Gasteiger partial charge is 0.320 e. The molecule has 0 aliphatic carbocycles. The highest BCUT2D eigenvalue weighted by Gasteiger charge is 2.06. The topological polar surface area (TPSA) is 58.2 Å². The van der Waals surface area contributed by atoms with Crippen molar-refractivity contribution >= 4 is 10.0 Å².